The second kappa shape index (κ2) is 5.28. The van der Waals surface area contributed by atoms with E-state index in [1.54, 1.807) is 18.2 Å². The first-order valence-corrected chi connectivity index (χ1v) is 6.45. The molecule has 1 aliphatic rings. The summed E-state index contributed by atoms with van der Waals surface area (Å²) in [6.45, 7) is 1.17. The maximum absolute atomic E-state index is 12.3. The van der Waals surface area contributed by atoms with E-state index in [2.05, 4.69) is 9.97 Å². The lowest BCUT2D eigenvalue weighted by molar-refractivity contribution is -0.131. The summed E-state index contributed by atoms with van der Waals surface area (Å²) in [5, 5.41) is 0. The van der Waals surface area contributed by atoms with E-state index in [9.17, 15) is 4.79 Å². The smallest absolute Gasteiger partial charge is 0.227 e. The van der Waals surface area contributed by atoms with E-state index in [-0.39, 0.29) is 5.91 Å². The fourth-order valence-electron chi connectivity index (χ4n) is 2.35. The van der Waals surface area contributed by atoms with Gasteiger partial charge in [0.25, 0.3) is 0 Å². The number of amides is 1. The maximum atomic E-state index is 12.3. The summed E-state index contributed by atoms with van der Waals surface area (Å²) in [7, 11) is 1.62. The number of fused-ring (bicyclic) bond motifs is 1. The predicted octanol–water partition coefficient (Wildman–Crippen LogP) is 1.57. The largest absolute Gasteiger partial charge is 0.497 e. The Bertz CT molecular complexity index is 618. The lowest BCUT2D eigenvalue weighted by Crippen LogP contribution is -2.26. The van der Waals surface area contributed by atoms with Crippen LogP contribution in [0, 0.1) is 0 Å². The summed E-state index contributed by atoms with van der Waals surface area (Å²) >= 11 is 0. The first kappa shape index (κ1) is 12.6. The SMILES string of the molecule is COc1cccc(CC(=O)N2Cc3cncnc3C2)c1. The molecule has 3 rings (SSSR count). The van der Waals surface area contributed by atoms with E-state index in [4.69, 9.17) is 4.74 Å². The number of hydrogen-bond donors (Lipinski definition) is 0. The number of hydrogen-bond acceptors (Lipinski definition) is 4. The maximum Gasteiger partial charge on any atom is 0.227 e. The number of ether oxygens (including phenoxy) is 1. The van der Waals surface area contributed by atoms with E-state index in [1.165, 1.54) is 6.33 Å². The van der Waals surface area contributed by atoms with Gasteiger partial charge in [0.05, 0.1) is 25.8 Å². The molecule has 5 nitrogen and oxygen atoms in total. The average molecular weight is 269 g/mol. The Balaban J connectivity index is 1.69. The Labute approximate surface area is 117 Å². The van der Waals surface area contributed by atoms with Crippen molar-refractivity contribution in [1.82, 2.24) is 14.9 Å². The van der Waals surface area contributed by atoms with E-state index >= 15 is 0 Å². The molecule has 0 fully saturated rings. The summed E-state index contributed by atoms with van der Waals surface area (Å²) in [5.41, 5.74) is 2.93. The molecule has 0 saturated carbocycles. The third-order valence-corrected chi connectivity index (χ3v) is 3.43. The summed E-state index contributed by atoms with van der Waals surface area (Å²) in [6, 6.07) is 7.59. The molecule has 2 aromatic rings. The first-order chi connectivity index (χ1) is 9.76. The number of carbonyl (C=O) groups is 1. The van der Waals surface area contributed by atoms with Gasteiger partial charge < -0.3 is 9.64 Å². The molecule has 0 unspecified atom stereocenters. The molecule has 0 N–H and O–H groups in total. The average Bonchev–Trinajstić information content (AvgIpc) is 2.91. The van der Waals surface area contributed by atoms with Crippen LogP contribution in [-0.4, -0.2) is 27.9 Å². The van der Waals surface area contributed by atoms with Crippen LogP contribution in [0.3, 0.4) is 0 Å². The van der Waals surface area contributed by atoms with Crippen molar-refractivity contribution in [2.24, 2.45) is 0 Å². The van der Waals surface area contributed by atoms with Gasteiger partial charge in [0.15, 0.2) is 0 Å². The summed E-state index contributed by atoms with van der Waals surface area (Å²) in [4.78, 5) is 22.3. The van der Waals surface area contributed by atoms with E-state index in [1.807, 2.05) is 24.3 Å². The van der Waals surface area contributed by atoms with Crippen LogP contribution in [0.2, 0.25) is 0 Å². The summed E-state index contributed by atoms with van der Waals surface area (Å²) in [5.74, 6) is 0.863. The second-order valence-electron chi connectivity index (χ2n) is 4.77. The molecule has 0 atom stereocenters. The molecule has 1 aromatic heterocycles. The molecule has 1 aliphatic heterocycles. The normalized spacial score (nSPS) is 13.2. The molecule has 0 radical (unpaired) electrons. The molecule has 102 valence electrons. The third kappa shape index (κ3) is 2.47. The summed E-state index contributed by atoms with van der Waals surface area (Å²) in [6.07, 6.45) is 3.68. The Morgan fingerprint density at radius 2 is 2.30 bits per heavy atom. The molecule has 1 amide bonds. The molecular formula is C15H15N3O2. The lowest BCUT2D eigenvalue weighted by Gasteiger charge is -2.15. The summed E-state index contributed by atoms with van der Waals surface area (Å²) < 4.78 is 5.17. The highest BCUT2D eigenvalue weighted by Gasteiger charge is 2.24. The minimum Gasteiger partial charge on any atom is -0.497 e. The minimum absolute atomic E-state index is 0.0938. The minimum atomic E-state index is 0.0938. The molecular weight excluding hydrogens is 254 g/mol. The monoisotopic (exact) mass is 269 g/mol. The van der Waals surface area contributed by atoms with Crippen LogP contribution in [0.5, 0.6) is 5.75 Å². The van der Waals surface area contributed by atoms with Crippen molar-refractivity contribution in [2.45, 2.75) is 19.5 Å². The molecule has 5 heteroatoms. The van der Waals surface area contributed by atoms with Crippen molar-refractivity contribution in [3.05, 3.63) is 53.6 Å². The van der Waals surface area contributed by atoms with Crippen LogP contribution in [0.4, 0.5) is 0 Å². The zero-order valence-corrected chi connectivity index (χ0v) is 11.2. The fourth-order valence-corrected chi connectivity index (χ4v) is 2.35. The Morgan fingerprint density at radius 3 is 3.10 bits per heavy atom. The Hall–Kier alpha value is -2.43. The van der Waals surface area contributed by atoms with Gasteiger partial charge in [-0.3, -0.25) is 4.79 Å². The number of rotatable bonds is 3. The van der Waals surface area contributed by atoms with Gasteiger partial charge in [-0.15, -0.1) is 0 Å². The van der Waals surface area contributed by atoms with Gasteiger partial charge >= 0.3 is 0 Å². The third-order valence-electron chi connectivity index (χ3n) is 3.43. The standard InChI is InChI=1S/C15H15N3O2/c1-20-13-4-2-3-11(5-13)6-15(19)18-8-12-7-16-10-17-14(12)9-18/h2-5,7,10H,6,8-9H2,1H3. The van der Waals surface area contributed by atoms with Crippen LogP contribution >= 0.6 is 0 Å². The van der Waals surface area contributed by atoms with Crippen molar-refractivity contribution in [3.63, 3.8) is 0 Å². The van der Waals surface area contributed by atoms with Gasteiger partial charge in [-0.2, -0.15) is 0 Å². The highest BCUT2D eigenvalue weighted by atomic mass is 16.5. The molecule has 0 spiro atoms. The van der Waals surface area contributed by atoms with Crippen LogP contribution in [0.1, 0.15) is 16.8 Å². The fraction of sp³-hybridized carbons (Fsp3) is 0.267. The number of methoxy groups -OCH3 is 1. The molecule has 2 heterocycles. The van der Waals surface area contributed by atoms with Gasteiger partial charge in [0.2, 0.25) is 5.91 Å². The molecule has 0 aliphatic carbocycles. The number of carbonyl (C=O) groups excluding carboxylic acids is 1. The van der Waals surface area contributed by atoms with Crippen LogP contribution < -0.4 is 4.74 Å². The van der Waals surface area contributed by atoms with Crippen molar-refractivity contribution in [1.29, 1.82) is 0 Å². The predicted molar refractivity (Wildman–Crippen MR) is 73.0 cm³/mol. The number of nitrogens with zero attached hydrogens (tertiary/aromatic N) is 3. The van der Waals surface area contributed by atoms with Crippen molar-refractivity contribution >= 4 is 5.91 Å². The molecule has 20 heavy (non-hydrogen) atoms. The Kier molecular flexibility index (Phi) is 3.33. The van der Waals surface area contributed by atoms with Gasteiger partial charge in [0, 0.05) is 18.3 Å². The molecule has 1 aromatic carbocycles. The molecule has 0 saturated heterocycles. The molecule has 0 bridgehead atoms. The highest BCUT2D eigenvalue weighted by molar-refractivity contribution is 5.79. The van der Waals surface area contributed by atoms with Gasteiger partial charge in [-0.25, -0.2) is 9.97 Å². The number of aromatic nitrogens is 2. The van der Waals surface area contributed by atoms with E-state index < -0.39 is 0 Å². The number of benzene rings is 1. The van der Waals surface area contributed by atoms with Gasteiger partial charge in [-0.1, -0.05) is 12.1 Å². The van der Waals surface area contributed by atoms with E-state index in [0.29, 0.717) is 19.5 Å². The lowest BCUT2D eigenvalue weighted by atomic mass is 10.1. The van der Waals surface area contributed by atoms with Gasteiger partial charge in [-0.05, 0) is 17.7 Å². The van der Waals surface area contributed by atoms with Crippen LogP contribution in [-0.2, 0) is 24.3 Å². The van der Waals surface area contributed by atoms with Crippen LogP contribution in [0.15, 0.2) is 36.8 Å². The van der Waals surface area contributed by atoms with Crippen LogP contribution in [0.25, 0.3) is 0 Å². The topological polar surface area (TPSA) is 55.3 Å². The quantitative estimate of drug-likeness (QED) is 0.848. The van der Waals surface area contributed by atoms with Gasteiger partial charge in [0.1, 0.15) is 12.1 Å². The van der Waals surface area contributed by atoms with Crippen molar-refractivity contribution in [2.75, 3.05) is 7.11 Å². The zero-order valence-electron chi connectivity index (χ0n) is 11.2. The van der Waals surface area contributed by atoms with Crippen molar-refractivity contribution < 1.29 is 9.53 Å². The highest BCUT2D eigenvalue weighted by Crippen LogP contribution is 2.21. The first-order valence-electron chi connectivity index (χ1n) is 6.45. The zero-order chi connectivity index (χ0) is 13.9. The van der Waals surface area contributed by atoms with E-state index in [0.717, 1.165) is 22.6 Å². The second-order valence-corrected chi connectivity index (χ2v) is 4.77. The van der Waals surface area contributed by atoms with Crippen molar-refractivity contribution in [3.8, 4) is 5.75 Å². The Morgan fingerprint density at radius 1 is 1.40 bits per heavy atom.